The number of aliphatic carboxylic acids is 1. The van der Waals surface area contributed by atoms with Crippen molar-refractivity contribution in [2.75, 3.05) is 6.54 Å². The van der Waals surface area contributed by atoms with Gasteiger partial charge in [-0.1, -0.05) is 25.1 Å². The quantitative estimate of drug-likeness (QED) is 0.821. The van der Waals surface area contributed by atoms with Gasteiger partial charge in [0.15, 0.2) is 0 Å². The predicted octanol–water partition coefficient (Wildman–Crippen LogP) is 3.02. The Morgan fingerprint density at radius 3 is 2.71 bits per heavy atom. The second-order valence-corrected chi connectivity index (χ2v) is 6.53. The Kier molecular flexibility index (Phi) is 5.67. The Labute approximate surface area is 129 Å². The minimum atomic E-state index is -0.830. The summed E-state index contributed by atoms with van der Waals surface area (Å²) in [5, 5.41) is 8.82. The Morgan fingerprint density at radius 2 is 2.10 bits per heavy atom. The van der Waals surface area contributed by atoms with Crippen molar-refractivity contribution in [2.45, 2.75) is 48.8 Å². The maximum Gasteiger partial charge on any atom is 0.305 e. The molecule has 1 amide bonds. The SMILES string of the molecule is CCC(Sc1ccccc1)C(=O)N1CCCC1CC(=O)O. The molecule has 1 saturated heterocycles. The number of benzene rings is 1. The highest BCUT2D eigenvalue weighted by Gasteiger charge is 2.33. The molecule has 0 bridgehead atoms. The van der Waals surface area contributed by atoms with E-state index in [0.29, 0.717) is 6.54 Å². The lowest BCUT2D eigenvalue weighted by Gasteiger charge is -2.27. The first-order valence-electron chi connectivity index (χ1n) is 7.35. The topological polar surface area (TPSA) is 57.6 Å². The van der Waals surface area contributed by atoms with Crippen LogP contribution < -0.4 is 0 Å². The van der Waals surface area contributed by atoms with E-state index in [1.54, 1.807) is 16.7 Å². The van der Waals surface area contributed by atoms with Crippen LogP contribution in [0.1, 0.15) is 32.6 Å². The van der Waals surface area contributed by atoms with Gasteiger partial charge in [0.25, 0.3) is 0 Å². The molecule has 0 aliphatic carbocycles. The molecule has 2 atom stereocenters. The maximum atomic E-state index is 12.7. The molecule has 1 N–H and O–H groups in total. The molecule has 1 aliphatic heterocycles. The molecule has 4 nitrogen and oxygen atoms in total. The molecule has 5 heteroatoms. The van der Waals surface area contributed by atoms with Gasteiger partial charge in [-0.15, -0.1) is 11.8 Å². The van der Waals surface area contributed by atoms with E-state index in [4.69, 9.17) is 5.11 Å². The van der Waals surface area contributed by atoms with Crippen LogP contribution in [0.3, 0.4) is 0 Å². The van der Waals surface area contributed by atoms with Gasteiger partial charge in [0, 0.05) is 17.5 Å². The molecule has 114 valence electrons. The molecule has 21 heavy (non-hydrogen) atoms. The van der Waals surface area contributed by atoms with Crippen LogP contribution in [-0.4, -0.2) is 39.7 Å². The molecular formula is C16H21NO3S. The highest BCUT2D eigenvalue weighted by molar-refractivity contribution is 8.00. The molecule has 0 aromatic heterocycles. The zero-order chi connectivity index (χ0) is 15.2. The van der Waals surface area contributed by atoms with Crippen molar-refractivity contribution in [2.24, 2.45) is 0 Å². The van der Waals surface area contributed by atoms with Crippen LogP contribution >= 0.6 is 11.8 Å². The average Bonchev–Trinajstić information content (AvgIpc) is 2.92. The van der Waals surface area contributed by atoms with E-state index in [-0.39, 0.29) is 23.6 Å². The molecule has 1 aromatic carbocycles. The molecule has 0 radical (unpaired) electrons. The summed E-state index contributed by atoms with van der Waals surface area (Å²) in [5.41, 5.74) is 0. The summed E-state index contributed by atoms with van der Waals surface area (Å²) in [6.45, 7) is 2.68. The van der Waals surface area contributed by atoms with Crippen LogP contribution in [0.5, 0.6) is 0 Å². The highest BCUT2D eigenvalue weighted by Crippen LogP contribution is 2.30. The lowest BCUT2D eigenvalue weighted by molar-refractivity contribution is -0.139. The zero-order valence-corrected chi connectivity index (χ0v) is 13.0. The van der Waals surface area contributed by atoms with E-state index in [2.05, 4.69) is 0 Å². The average molecular weight is 307 g/mol. The van der Waals surface area contributed by atoms with Crippen LogP contribution in [-0.2, 0) is 9.59 Å². The summed E-state index contributed by atoms with van der Waals surface area (Å²) >= 11 is 1.57. The van der Waals surface area contributed by atoms with Crippen molar-refractivity contribution in [1.29, 1.82) is 0 Å². The van der Waals surface area contributed by atoms with E-state index in [9.17, 15) is 9.59 Å². The van der Waals surface area contributed by atoms with Crippen LogP contribution in [0.15, 0.2) is 35.2 Å². The normalized spacial score (nSPS) is 19.5. The van der Waals surface area contributed by atoms with Gasteiger partial charge in [-0.2, -0.15) is 0 Å². The molecule has 2 rings (SSSR count). The Hall–Kier alpha value is -1.49. The van der Waals surface area contributed by atoms with Crippen molar-refractivity contribution >= 4 is 23.6 Å². The van der Waals surface area contributed by atoms with Crippen molar-refractivity contribution in [3.8, 4) is 0 Å². The number of rotatable bonds is 6. The number of hydrogen-bond donors (Lipinski definition) is 1. The van der Waals surface area contributed by atoms with E-state index in [1.165, 1.54) is 0 Å². The van der Waals surface area contributed by atoms with Crippen molar-refractivity contribution < 1.29 is 14.7 Å². The molecule has 2 unspecified atom stereocenters. The van der Waals surface area contributed by atoms with Gasteiger partial charge in [-0.3, -0.25) is 9.59 Å². The van der Waals surface area contributed by atoms with Gasteiger partial charge in [-0.25, -0.2) is 0 Å². The molecular weight excluding hydrogens is 286 g/mol. The number of carboxylic acid groups (broad SMARTS) is 1. The minimum Gasteiger partial charge on any atom is -0.481 e. The van der Waals surface area contributed by atoms with Crippen LogP contribution in [0, 0.1) is 0 Å². The summed E-state index contributed by atoms with van der Waals surface area (Å²) in [6.07, 6.45) is 2.49. The summed E-state index contributed by atoms with van der Waals surface area (Å²) in [6, 6.07) is 9.74. The third-order valence-electron chi connectivity index (χ3n) is 3.74. The lowest BCUT2D eigenvalue weighted by Crippen LogP contribution is -2.41. The molecule has 1 aliphatic rings. The number of hydrogen-bond acceptors (Lipinski definition) is 3. The van der Waals surface area contributed by atoms with E-state index >= 15 is 0 Å². The summed E-state index contributed by atoms with van der Waals surface area (Å²) in [7, 11) is 0. The first-order chi connectivity index (χ1) is 10.1. The van der Waals surface area contributed by atoms with E-state index in [1.807, 2.05) is 37.3 Å². The Bertz CT molecular complexity index is 492. The van der Waals surface area contributed by atoms with Crippen LogP contribution in [0.25, 0.3) is 0 Å². The molecule has 0 spiro atoms. The highest BCUT2D eigenvalue weighted by atomic mass is 32.2. The molecule has 1 fully saturated rings. The van der Waals surface area contributed by atoms with Gasteiger partial charge in [0.1, 0.15) is 0 Å². The Morgan fingerprint density at radius 1 is 1.38 bits per heavy atom. The van der Waals surface area contributed by atoms with Crippen molar-refractivity contribution in [3.05, 3.63) is 30.3 Å². The number of thioether (sulfide) groups is 1. The number of carbonyl (C=O) groups is 2. The monoisotopic (exact) mass is 307 g/mol. The third-order valence-corrected chi connectivity index (χ3v) is 5.10. The summed E-state index contributed by atoms with van der Waals surface area (Å²) < 4.78 is 0. The van der Waals surface area contributed by atoms with Gasteiger partial charge < -0.3 is 10.0 Å². The second-order valence-electron chi connectivity index (χ2n) is 5.25. The number of carbonyl (C=O) groups excluding carboxylic acids is 1. The summed E-state index contributed by atoms with van der Waals surface area (Å²) in [5.74, 6) is -0.751. The van der Waals surface area contributed by atoms with Crippen LogP contribution in [0.4, 0.5) is 0 Å². The van der Waals surface area contributed by atoms with Gasteiger partial charge >= 0.3 is 5.97 Å². The fourth-order valence-electron chi connectivity index (χ4n) is 2.70. The largest absolute Gasteiger partial charge is 0.481 e. The molecule has 1 heterocycles. The fourth-order valence-corrected chi connectivity index (χ4v) is 3.74. The number of amides is 1. The van der Waals surface area contributed by atoms with Gasteiger partial charge in [-0.05, 0) is 31.4 Å². The summed E-state index contributed by atoms with van der Waals surface area (Å²) in [4.78, 5) is 26.4. The van der Waals surface area contributed by atoms with E-state index < -0.39 is 5.97 Å². The fraction of sp³-hybridized carbons (Fsp3) is 0.500. The second kappa shape index (κ2) is 7.50. The van der Waals surface area contributed by atoms with Crippen molar-refractivity contribution in [1.82, 2.24) is 4.90 Å². The van der Waals surface area contributed by atoms with Crippen molar-refractivity contribution in [3.63, 3.8) is 0 Å². The molecule has 0 saturated carbocycles. The van der Waals surface area contributed by atoms with Crippen LogP contribution in [0.2, 0.25) is 0 Å². The van der Waals surface area contributed by atoms with Gasteiger partial charge in [0.05, 0.1) is 11.7 Å². The Balaban J connectivity index is 2.03. The number of likely N-dealkylation sites (tertiary alicyclic amines) is 1. The van der Waals surface area contributed by atoms with E-state index in [0.717, 1.165) is 24.2 Å². The minimum absolute atomic E-state index is 0.0537. The predicted molar refractivity (Wildman–Crippen MR) is 83.4 cm³/mol. The first kappa shape index (κ1) is 15.9. The van der Waals surface area contributed by atoms with Gasteiger partial charge in [0.2, 0.25) is 5.91 Å². The lowest BCUT2D eigenvalue weighted by atomic mass is 10.1. The first-order valence-corrected chi connectivity index (χ1v) is 8.23. The standard InChI is InChI=1S/C16H21NO3S/c1-2-14(21-13-8-4-3-5-9-13)16(20)17-10-6-7-12(17)11-15(18)19/h3-5,8-9,12,14H,2,6-7,10-11H2,1H3,(H,18,19). The third kappa shape index (κ3) is 4.24. The number of nitrogens with zero attached hydrogens (tertiary/aromatic N) is 1. The molecule has 1 aromatic rings. The number of carboxylic acids is 1. The zero-order valence-electron chi connectivity index (χ0n) is 12.2. The maximum absolute atomic E-state index is 12.7. The smallest absolute Gasteiger partial charge is 0.305 e.